The lowest BCUT2D eigenvalue weighted by molar-refractivity contribution is -0.117. The second-order valence-electron chi connectivity index (χ2n) is 3.66. The Kier molecular flexibility index (Phi) is 6.82. The van der Waals surface area contributed by atoms with Crippen molar-refractivity contribution in [2.45, 2.75) is 39.7 Å². The van der Waals surface area contributed by atoms with Gasteiger partial charge in [0.05, 0.1) is 6.61 Å². The van der Waals surface area contributed by atoms with Crippen LogP contribution in [0.4, 0.5) is 0 Å². The number of ketones is 1. The van der Waals surface area contributed by atoms with Gasteiger partial charge in [-0.15, -0.1) is 0 Å². The normalized spacial score (nSPS) is 11.2. The molecule has 1 N–H and O–H groups in total. The third-order valence-electron chi connectivity index (χ3n) is 2.09. The summed E-state index contributed by atoms with van der Waals surface area (Å²) >= 11 is 0. The van der Waals surface area contributed by atoms with Crippen molar-refractivity contribution in [2.75, 3.05) is 19.7 Å². The molecular formula is C10H21NO2. The highest BCUT2D eigenvalue weighted by molar-refractivity contribution is 5.75. The van der Waals surface area contributed by atoms with Crippen molar-refractivity contribution in [3.05, 3.63) is 0 Å². The molecule has 0 heterocycles. The minimum Gasteiger partial charge on any atom is -0.395 e. The van der Waals surface area contributed by atoms with Crippen molar-refractivity contribution >= 4 is 5.78 Å². The minimum absolute atomic E-state index is 0.193. The highest BCUT2D eigenvalue weighted by Crippen LogP contribution is 2.01. The summed E-state index contributed by atoms with van der Waals surface area (Å²) in [7, 11) is 0. The summed E-state index contributed by atoms with van der Waals surface area (Å²) in [6, 6.07) is 0.444. The summed E-state index contributed by atoms with van der Waals surface area (Å²) < 4.78 is 0. The van der Waals surface area contributed by atoms with Crippen LogP contribution in [0.5, 0.6) is 0 Å². The molecule has 0 aromatic carbocycles. The summed E-state index contributed by atoms with van der Waals surface area (Å²) in [5.74, 6) is 0.243. The van der Waals surface area contributed by atoms with E-state index in [4.69, 9.17) is 5.11 Å². The molecule has 13 heavy (non-hydrogen) atoms. The molecule has 0 radical (unpaired) electrons. The van der Waals surface area contributed by atoms with Gasteiger partial charge in [0.15, 0.2) is 0 Å². The smallest absolute Gasteiger partial charge is 0.129 e. The predicted molar refractivity (Wildman–Crippen MR) is 53.7 cm³/mol. The molecule has 0 aliphatic rings. The van der Waals surface area contributed by atoms with E-state index in [0.717, 1.165) is 13.0 Å². The van der Waals surface area contributed by atoms with Crippen LogP contribution in [0.2, 0.25) is 0 Å². The van der Waals surface area contributed by atoms with E-state index in [-0.39, 0.29) is 12.4 Å². The van der Waals surface area contributed by atoms with Gasteiger partial charge in [0, 0.05) is 19.0 Å². The van der Waals surface area contributed by atoms with Crippen molar-refractivity contribution in [3.63, 3.8) is 0 Å². The quantitative estimate of drug-likeness (QED) is 0.648. The Labute approximate surface area is 80.7 Å². The third-order valence-corrected chi connectivity index (χ3v) is 2.09. The van der Waals surface area contributed by atoms with Crippen molar-refractivity contribution in [1.29, 1.82) is 0 Å². The molecule has 0 amide bonds. The second-order valence-corrected chi connectivity index (χ2v) is 3.66. The van der Waals surface area contributed by atoms with Crippen LogP contribution in [0.3, 0.4) is 0 Å². The monoisotopic (exact) mass is 187 g/mol. The minimum atomic E-state index is 0.193. The number of hydrogen-bond acceptors (Lipinski definition) is 3. The van der Waals surface area contributed by atoms with Gasteiger partial charge >= 0.3 is 0 Å². The van der Waals surface area contributed by atoms with Gasteiger partial charge in [-0.1, -0.05) is 0 Å². The van der Waals surface area contributed by atoms with Crippen molar-refractivity contribution in [2.24, 2.45) is 0 Å². The maximum absolute atomic E-state index is 10.7. The van der Waals surface area contributed by atoms with Crippen molar-refractivity contribution < 1.29 is 9.90 Å². The first kappa shape index (κ1) is 12.6. The Morgan fingerprint density at radius 2 is 2.00 bits per heavy atom. The Bertz CT molecular complexity index is 146. The zero-order valence-electron chi connectivity index (χ0n) is 8.92. The summed E-state index contributed by atoms with van der Waals surface area (Å²) in [4.78, 5) is 12.9. The summed E-state index contributed by atoms with van der Waals surface area (Å²) in [5.41, 5.74) is 0. The number of hydrogen-bond donors (Lipinski definition) is 1. The molecule has 78 valence electrons. The van der Waals surface area contributed by atoms with E-state index in [1.54, 1.807) is 6.92 Å². The van der Waals surface area contributed by atoms with Crippen LogP contribution in [0.1, 0.15) is 33.6 Å². The Hall–Kier alpha value is -0.410. The fourth-order valence-corrected chi connectivity index (χ4v) is 1.29. The topological polar surface area (TPSA) is 40.5 Å². The van der Waals surface area contributed by atoms with Crippen molar-refractivity contribution in [3.8, 4) is 0 Å². The average molecular weight is 187 g/mol. The van der Waals surface area contributed by atoms with Crippen LogP contribution in [0.25, 0.3) is 0 Å². The third kappa shape index (κ3) is 6.72. The molecule has 0 bridgehead atoms. The van der Waals surface area contributed by atoms with Gasteiger partial charge in [-0.25, -0.2) is 0 Å². The van der Waals surface area contributed by atoms with E-state index in [9.17, 15) is 4.79 Å². The fraction of sp³-hybridized carbons (Fsp3) is 0.900. The van der Waals surface area contributed by atoms with Crippen LogP contribution in [0, 0.1) is 0 Å². The lowest BCUT2D eigenvalue weighted by Crippen LogP contribution is -2.34. The first-order valence-electron chi connectivity index (χ1n) is 4.92. The molecule has 0 atom stereocenters. The lowest BCUT2D eigenvalue weighted by atomic mass is 10.2. The van der Waals surface area contributed by atoms with Gasteiger partial charge in [-0.3, -0.25) is 4.90 Å². The molecule has 0 aromatic heterocycles. The molecule has 3 nitrogen and oxygen atoms in total. The van der Waals surface area contributed by atoms with Gasteiger partial charge in [0.25, 0.3) is 0 Å². The van der Waals surface area contributed by atoms with E-state index >= 15 is 0 Å². The van der Waals surface area contributed by atoms with Gasteiger partial charge in [0.1, 0.15) is 5.78 Å². The maximum Gasteiger partial charge on any atom is 0.129 e. The Morgan fingerprint density at radius 3 is 2.38 bits per heavy atom. The number of carbonyl (C=O) groups is 1. The molecule has 0 aliphatic heterocycles. The van der Waals surface area contributed by atoms with Crippen LogP contribution >= 0.6 is 0 Å². The molecule has 0 rings (SSSR count). The maximum atomic E-state index is 10.7. The zero-order valence-corrected chi connectivity index (χ0v) is 8.92. The van der Waals surface area contributed by atoms with Crippen LogP contribution in [-0.2, 0) is 4.79 Å². The first-order valence-corrected chi connectivity index (χ1v) is 4.92. The zero-order chi connectivity index (χ0) is 10.3. The first-order chi connectivity index (χ1) is 6.07. The van der Waals surface area contributed by atoms with Crippen LogP contribution < -0.4 is 0 Å². The van der Waals surface area contributed by atoms with Gasteiger partial charge < -0.3 is 9.90 Å². The number of Topliss-reactive ketones (excluding diaryl/α,β-unsaturated/α-hetero) is 1. The van der Waals surface area contributed by atoms with Crippen LogP contribution in [0.15, 0.2) is 0 Å². The number of nitrogens with zero attached hydrogens (tertiary/aromatic N) is 1. The van der Waals surface area contributed by atoms with E-state index in [1.807, 2.05) is 0 Å². The van der Waals surface area contributed by atoms with Crippen LogP contribution in [-0.4, -0.2) is 41.5 Å². The molecule has 3 heteroatoms. The SMILES string of the molecule is CC(=O)CCCN(CCO)C(C)C. The number of aliphatic hydroxyl groups is 1. The molecule has 0 aromatic rings. The van der Waals surface area contributed by atoms with E-state index in [1.165, 1.54) is 0 Å². The molecule has 0 spiro atoms. The standard InChI is InChI=1S/C10H21NO2/c1-9(2)11(7-8-12)6-4-5-10(3)13/h9,12H,4-8H2,1-3H3. The number of rotatable bonds is 7. The predicted octanol–water partition coefficient (Wildman–Crippen LogP) is 1.06. The average Bonchev–Trinajstić information content (AvgIpc) is 2.02. The largest absolute Gasteiger partial charge is 0.395 e. The van der Waals surface area contributed by atoms with Gasteiger partial charge in [-0.05, 0) is 33.7 Å². The van der Waals surface area contributed by atoms with E-state index < -0.39 is 0 Å². The number of carbonyl (C=O) groups excluding carboxylic acids is 1. The second kappa shape index (κ2) is 7.04. The summed E-state index contributed by atoms with van der Waals surface area (Å²) in [6.45, 7) is 7.62. The molecule has 0 saturated carbocycles. The summed E-state index contributed by atoms with van der Waals surface area (Å²) in [5, 5.41) is 8.79. The summed E-state index contributed by atoms with van der Waals surface area (Å²) in [6.07, 6.45) is 1.54. The van der Waals surface area contributed by atoms with E-state index in [0.29, 0.717) is 19.0 Å². The Balaban J connectivity index is 3.62. The molecule has 0 aliphatic carbocycles. The molecule has 0 unspecified atom stereocenters. The molecular weight excluding hydrogens is 166 g/mol. The molecule has 0 fully saturated rings. The highest BCUT2D eigenvalue weighted by Gasteiger charge is 2.07. The lowest BCUT2D eigenvalue weighted by Gasteiger charge is -2.25. The highest BCUT2D eigenvalue weighted by atomic mass is 16.3. The van der Waals surface area contributed by atoms with Gasteiger partial charge in [-0.2, -0.15) is 0 Å². The van der Waals surface area contributed by atoms with E-state index in [2.05, 4.69) is 18.7 Å². The van der Waals surface area contributed by atoms with Gasteiger partial charge in [0.2, 0.25) is 0 Å². The van der Waals surface area contributed by atoms with Crippen molar-refractivity contribution in [1.82, 2.24) is 4.90 Å². The number of aliphatic hydroxyl groups excluding tert-OH is 1. The fourth-order valence-electron chi connectivity index (χ4n) is 1.29. The molecule has 0 saturated heterocycles. The Morgan fingerprint density at radius 1 is 1.38 bits per heavy atom.